The van der Waals surface area contributed by atoms with Gasteiger partial charge in [0.2, 0.25) is 0 Å². The summed E-state index contributed by atoms with van der Waals surface area (Å²) in [5.41, 5.74) is 0.786. The molecule has 0 unspecified atom stereocenters. The van der Waals surface area contributed by atoms with Crippen molar-refractivity contribution in [3.63, 3.8) is 0 Å². The second-order valence-electron chi connectivity index (χ2n) is 4.39. The summed E-state index contributed by atoms with van der Waals surface area (Å²) in [6, 6.07) is 2.79. The average molecular weight is 384 g/mol. The Morgan fingerprint density at radius 2 is 2.00 bits per heavy atom. The highest BCUT2D eigenvalue weighted by Gasteiger charge is 2.20. The third-order valence-electron chi connectivity index (χ3n) is 2.70. The molecule has 0 atom stereocenters. The van der Waals surface area contributed by atoms with E-state index in [0.717, 1.165) is 19.3 Å². The first-order valence-electron chi connectivity index (χ1n) is 6.19. The topological polar surface area (TPSA) is 60.4 Å². The number of carbonyl (C=O) groups excluding carboxylic acids is 1. The predicted molar refractivity (Wildman–Crippen MR) is 81.7 cm³/mol. The van der Waals surface area contributed by atoms with Crippen LogP contribution in [0.2, 0.25) is 0 Å². The van der Waals surface area contributed by atoms with Gasteiger partial charge >= 0.3 is 5.97 Å². The molecule has 7 heteroatoms. The molecule has 4 nitrogen and oxygen atoms in total. The van der Waals surface area contributed by atoms with Gasteiger partial charge in [-0.1, -0.05) is 19.8 Å². The number of benzene rings is 1. The van der Waals surface area contributed by atoms with E-state index < -0.39 is 15.0 Å². The lowest BCUT2D eigenvalue weighted by molar-refractivity contribution is 0.0497. The van der Waals surface area contributed by atoms with E-state index >= 15 is 0 Å². The maximum Gasteiger partial charge on any atom is 0.338 e. The van der Waals surface area contributed by atoms with Crippen molar-refractivity contribution >= 4 is 41.6 Å². The minimum Gasteiger partial charge on any atom is -0.462 e. The van der Waals surface area contributed by atoms with Gasteiger partial charge in [-0.3, -0.25) is 0 Å². The van der Waals surface area contributed by atoms with Crippen molar-refractivity contribution in [3.8, 4) is 0 Å². The molecule has 112 valence electrons. The highest BCUT2D eigenvalue weighted by atomic mass is 79.9. The quantitative estimate of drug-likeness (QED) is 0.423. The fraction of sp³-hybridized carbons (Fsp3) is 0.462. The molecule has 20 heavy (non-hydrogen) atoms. The summed E-state index contributed by atoms with van der Waals surface area (Å²) in [5.74, 6) is -0.543. The van der Waals surface area contributed by atoms with Crippen LogP contribution in [0.5, 0.6) is 0 Å². The molecule has 0 N–H and O–H groups in total. The van der Waals surface area contributed by atoms with Crippen molar-refractivity contribution in [2.75, 3.05) is 6.61 Å². The van der Waals surface area contributed by atoms with Gasteiger partial charge in [0, 0.05) is 15.2 Å². The van der Waals surface area contributed by atoms with Crippen LogP contribution in [-0.2, 0) is 13.8 Å². The smallest absolute Gasteiger partial charge is 0.338 e. The molecule has 0 saturated carbocycles. The zero-order valence-corrected chi connectivity index (χ0v) is 14.4. The lowest BCUT2D eigenvalue weighted by Gasteiger charge is -2.09. The molecule has 0 fully saturated rings. The van der Waals surface area contributed by atoms with Crippen molar-refractivity contribution in [2.24, 2.45) is 0 Å². The number of hydrogen-bond donors (Lipinski definition) is 0. The number of hydrogen-bond acceptors (Lipinski definition) is 4. The van der Waals surface area contributed by atoms with Crippen LogP contribution in [0.3, 0.4) is 0 Å². The zero-order valence-electron chi connectivity index (χ0n) is 11.3. The maximum absolute atomic E-state index is 11.9. The lowest BCUT2D eigenvalue weighted by Crippen LogP contribution is -2.08. The number of carbonyl (C=O) groups is 1. The van der Waals surface area contributed by atoms with Crippen molar-refractivity contribution in [1.82, 2.24) is 0 Å². The molecule has 1 rings (SSSR count). The molecule has 0 amide bonds. The highest BCUT2D eigenvalue weighted by molar-refractivity contribution is 9.10. The summed E-state index contributed by atoms with van der Waals surface area (Å²) in [7, 11) is 1.42. The number of rotatable bonds is 6. The number of halogens is 2. The molecule has 0 aliphatic heterocycles. The van der Waals surface area contributed by atoms with Gasteiger partial charge < -0.3 is 4.74 Å². The molecule has 0 aliphatic carbocycles. The van der Waals surface area contributed by atoms with Crippen LogP contribution < -0.4 is 0 Å². The van der Waals surface area contributed by atoms with Crippen LogP contribution in [0, 0.1) is 6.92 Å². The first-order chi connectivity index (χ1) is 9.27. The molecule has 1 aromatic carbocycles. The van der Waals surface area contributed by atoms with E-state index in [4.69, 9.17) is 15.4 Å². The Hall–Kier alpha value is -0.590. The predicted octanol–water partition coefficient (Wildman–Crippen LogP) is 4.03. The second kappa shape index (κ2) is 7.43. The molecule has 0 heterocycles. The first-order valence-corrected chi connectivity index (χ1v) is 9.29. The van der Waals surface area contributed by atoms with Gasteiger partial charge in [0.1, 0.15) is 0 Å². The third-order valence-corrected chi connectivity index (χ3v) is 5.36. The minimum absolute atomic E-state index is 0.125. The summed E-state index contributed by atoms with van der Waals surface area (Å²) < 4.78 is 28.4. The summed E-state index contributed by atoms with van der Waals surface area (Å²) >= 11 is 3.16. The standard InChI is InChI=1S/C13H16BrClO4S/c1-3-4-5-6-19-13(16)10-7-9(2)12(14)11(8-10)20(15,17)18/h7-8H,3-6H2,1-2H3. The van der Waals surface area contributed by atoms with Crippen LogP contribution in [0.1, 0.15) is 42.1 Å². The lowest BCUT2D eigenvalue weighted by atomic mass is 10.1. The number of unbranched alkanes of at least 4 members (excludes halogenated alkanes) is 2. The van der Waals surface area contributed by atoms with Gasteiger partial charge in [-0.25, -0.2) is 13.2 Å². The molecule has 0 aromatic heterocycles. The largest absolute Gasteiger partial charge is 0.462 e. The Kier molecular flexibility index (Phi) is 6.48. The van der Waals surface area contributed by atoms with Crippen LogP contribution in [0.15, 0.2) is 21.5 Å². The average Bonchev–Trinajstić information content (AvgIpc) is 2.36. The van der Waals surface area contributed by atoms with Crippen molar-refractivity contribution in [3.05, 3.63) is 27.7 Å². The van der Waals surface area contributed by atoms with Gasteiger partial charge in [0.05, 0.1) is 17.1 Å². The van der Waals surface area contributed by atoms with Crippen LogP contribution in [-0.4, -0.2) is 21.0 Å². The first kappa shape index (κ1) is 17.5. The normalized spacial score (nSPS) is 11.4. The van der Waals surface area contributed by atoms with E-state index in [1.165, 1.54) is 6.07 Å². The molecule has 0 spiro atoms. The molecular formula is C13H16BrClO4S. The fourth-order valence-electron chi connectivity index (χ4n) is 1.63. The molecule has 0 aliphatic rings. The van der Waals surface area contributed by atoms with Gasteiger partial charge in [-0.2, -0.15) is 0 Å². The highest BCUT2D eigenvalue weighted by Crippen LogP contribution is 2.29. The van der Waals surface area contributed by atoms with E-state index in [1.807, 2.05) is 0 Å². The Morgan fingerprint density at radius 1 is 1.35 bits per heavy atom. The van der Waals surface area contributed by atoms with E-state index in [1.54, 1.807) is 13.0 Å². The van der Waals surface area contributed by atoms with Crippen LogP contribution >= 0.6 is 26.6 Å². The van der Waals surface area contributed by atoms with Crippen molar-refractivity contribution in [1.29, 1.82) is 0 Å². The summed E-state index contributed by atoms with van der Waals surface area (Å²) in [6.07, 6.45) is 2.80. The number of aryl methyl sites for hydroxylation is 1. The van der Waals surface area contributed by atoms with E-state index in [9.17, 15) is 13.2 Å². The van der Waals surface area contributed by atoms with E-state index in [0.29, 0.717) is 16.6 Å². The molecule has 1 aromatic rings. The van der Waals surface area contributed by atoms with Gasteiger partial charge in [0.25, 0.3) is 9.05 Å². The number of ether oxygens (including phenoxy) is 1. The van der Waals surface area contributed by atoms with Gasteiger partial charge in [-0.05, 0) is 47.0 Å². The second-order valence-corrected chi connectivity index (χ2v) is 7.71. The Morgan fingerprint density at radius 3 is 2.55 bits per heavy atom. The van der Waals surface area contributed by atoms with E-state index in [2.05, 4.69) is 22.9 Å². The minimum atomic E-state index is -3.92. The van der Waals surface area contributed by atoms with Crippen molar-refractivity contribution < 1.29 is 17.9 Å². The Balaban J connectivity index is 2.97. The Bertz CT molecular complexity index is 599. The molecule has 0 saturated heterocycles. The fourth-order valence-corrected chi connectivity index (χ4v) is 3.79. The SMILES string of the molecule is CCCCCOC(=O)c1cc(C)c(Br)c(S(=O)(=O)Cl)c1. The maximum atomic E-state index is 11.9. The van der Waals surface area contributed by atoms with E-state index in [-0.39, 0.29) is 10.5 Å². The summed E-state index contributed by atoms with van der Waals surface area (Å²) in [5, 5.41) is 0. The van der Waals surface area contributed by atoms with Gasteiger partial charge in [-0.15, -0.1) is 0 Å². The Labute approximate surface area is 132 Å². The molecule has 0 radical (unpaired) electrons. The zero-order chi connectivity index (χ0) is 15.3. The van der Waals surface area contributed by atoms with Crippen LogP contribution in [0.25, 0.3) is 0 Å². The molecule has 0 bridgehead atoms. The third kappa shape index (κ3) is 4.75. The molecular weight excluding hydrogens is 368 g/mol. The number of esters is 1. The summed E-state index contributed by atoms with van der Waals surface area (Å²) in [4.78, 5) is 11.7. The monoisotopic (exact) mass is 382 g/mol. The van der Waals surface area contributed by atoms with Crippen molar-refractivity contribution in [2.45, 2.75) is 38.0 Å². The van der Waals surface area contributed by atoms with Crippen LogP contribution in [0.4, 0.5) is 0 Å². The van der Waals surface area contributed by atoms with Gasteiger partial charge in [0.15, 0.2) is 0 Å². The summed E-state index contributed by atoms with van der Waals surface area (Å²) in [6.45, 7) is 4.06.